The lowest BCUT2D eigenvalue weighted by molar-refractivity contribution is -0.118. The van der Waals surface area contributed by atoms with Gasteiger partial charge in [0.05, 0.1) is 23.4 Å². The molecule has 0 fully saturated rings. The first-order valence-corrected chi connectivity index (χ1v) is 10.2. The molecule has 148 valence electrons. The monoisotopic (exact) mass is 416 g/mol. The number of oxazole rings is 1. The van der Waals surface area contributed by atoms with Crippen molar-refractivity contribution in [1.29, 1.82) is 0 Å². The Labute approximate surface area is 176 Å². The van der Waals surface area contributed by atoms with Crippen LogP contribution in [0.4, 0.5) is 11.4 Å². The van der Waals surface area contributed by atoms with E-state index in [1.165, 1.54) is 6.39 Å². The highest BCUT2D eigenvalue weighted by atomic mass is 32.2. The number of fused-ring (bicyclic) bond motifs is 3. The Balaban J connectivity index is 1.33. The molecule has 30 heavy (non-hydrogen) atoms. The standard InChI is InChI=1S/C23H16N2O4S/c26-21(12-13-28-23(27)15-6-5-9-18-22(15)24-14-29-18)25-16-7-1-3-10-19(16)30-20-11-4-2-8-17(20)25/h1-11,14H,12-13H2. The molecule has 4 aromatic rings. The molecule has 1 aromatic heterocycles. The number of carbonyl (C=O) groups excluding carboxylic acids is 2. The highest BCUT2D eigenvalue weighted by Gasteiger charge is 2.27. The van der Waals surface area contributed by atoms with Gasteiger partial charge in [0.15, 0.2) is 12.0 Å². The minimum absolute atomic E-state index is 0.0279. The van der Waals surface area contributed by atoms with Crippen molar-refractivity contribution in [1.82, 2.24) is 4.98 Å². The van der Waals surface area contributed by atoms with Crippen molar-refractivity contribution in [3.05, 3.63) is 78.7 Å². The SMILES string of the molecule is O=C(OCCC(=O)N1c2ccccc2Sc2ccccc21)c1cccc2ocnc12. The van der Waals surface area contributed by atoms with E-state index in [1.54, 1.807) is 34.9 Å². The second kappa shape index (κ2) is 7.68. The number of amides is 1. The van der Waals surface area contributed by atoms with Crippen LogP contribution < -0.4 is 4.90 Å². The van der Waals surface area contributed by atoms with E-state index >= 15 is 0 Å². The van der Waals surface area contributed by atoms with Crippen molar-refractivity contribution >= 4 is 46.1 Å². The van der Waals surface area contributed by atoms with E-state index in [0.29, 0.717) is 16.7 Å². The normalized spacial score (nSPS) is 12.3. The van der Waals surface area contributed by atoms with Crippen molar-refractivity contribution < 1.29 is 18.7 Å². The number of esters is 1. The molecule has 0 N–H and O–H groups in total. The first kappa shape index (κ1) is 18.4. The number of benzene rings is 3. The molecule has 0 saturated carbocycles. The Morgan fingerprint density at radius 1 is 0.933 bits per heavy atom. The number of carbonyl (C=O) groups is 2. The molecule has 0 bridgehead atoms. The summed E-state index contributed by atoms with van der Waals surface area (Å²) in [6, 6.07) is 20.6. The van der Waals surface area contributed by atoms with E-state index in [4.69, 9.17) is 9.15 Å². The fraction of sp³-hybridized carbons (Fsp3) is 0.0870. The molecule has 3 aromatic carbocycles. The summed E-state index contributed by atoms with van der Waals surface area (Å²) in [5, 5.41) is 0. The molecule has 0 unspecified atom stereocenters. The Morgan fingerprint density at radius 2 is 1.63 bits per heavy atom. The molecule has 1 amide bonds. The van der Waals surface area contributed by atoms with Gasteiger partial charge in [0.25, 0.3) is 0 Å². The van der Waals surface area contributed by atoms with Crippen LogP contribution in [0.15, 0.2) is 87.3 Å². The van der Waals surface area contributed by atoms with Crippen LogP contribution in [0, 0.1) is 0 Å². The Bertz CT molecular complexity index is 1220. The van der Waals surface area contributed by atoms with Crippen LogP contribution in [0.3, 0.4) is 0 Å². The van der Waals surface area contributed by atoms with E-state index in [0.717, 1.165) is 21.2 Å². The lowest BCUT2D eigenvalue weighted by Gasteiger charge is -2.31. The van der Waals surface area contributed by atoms with Crippen LogP contribution in [0.25, 0.3) is 11.1 Å². The summed E-state index contributed by atoms with van der Waals surface area (Å²) in [7, 11) is 0. The van der Waals surface area contributed by atoms with Gasteiger partial charge in [-0.2, -0.15) is 0 Å². The van der Waals surface area contributed by atoms with Crippen LogP contribution >= 0.6 is 11.8 Å². The maximum Gasteiger partial charge on any atom is 0.340 e. The minimum atomic E-state index is -0.530. The molecule has 2 heterocycles. The molecule has 0 saturated heterocycles. The summed E-state index contributed by atoms with van der Waals surface area (Å²) in [5.41, 5.74) is 2.96. The minimum Gasteiger partial charge on any atom is -0.461 e. The van der Waals surface area contributed by atoms with Crippen LogP contribution in [0.2, 0.25) is 0 Å². The van der Waals surface area contributed by atoms with Gasteiger partial charge < -0.3 is 9.15 Å². The Morgan fingerprint density at radius 3 is 2.37 bits per heavy atom. The van der Waals surface area contributed by atoms with Crippen molar-refractivity contribution in [2.75, 3.05) is 11.5 Å². The molecule has 5 rings (SSSR count). The largest absolute Gasteiger partial charge is 0.461 e. The molecule has 7 heteroatoms. The zero-order valence-corrected chi connectivity index (χ0v) is 16.6. The average Bonchev–Trinajstić information content (AvgIpc) is 3.26. The van der Waals surface area contributed by atoms with Gasteiger partial charge in [0, 0.05) is 9.79 Å². The van der Waals surface area contributed by atoms with Gasteiger partial charge in [0.2, 0.25) is 5.91 Å². The summed E-state index contributed by atoms with van der Waals surface area (Å²) >= 11 is 1.64. The van der Waals surface area contributed by atoms with Gasteiger partial charge in [-0.3, -0.25) is 9.69 Å². The number of hydrogen-bond donors (Lipinski definition) is 0. The fourth-order valence-electron chi connectivity index (χ4n) is 3.45. The maximum absolute atomic E-state index is 13.1. The third kappa shape index (κ3) is 3.23. The number of anilines is 2. The van der Waals surface area contributed by atoms with Gasteiger partial charge in [-0.15, -0.1) is 0 Å². The summed E-state index contributed by atoms with van der Waals surface area (Å²) in [5.74, 6) is -0.667. The van der Waals surface area contributed by atoms with Crippen LogP contribution in [-0.4, -0.2) is 23.5 Å². The predicted octanol–water partition coefficient (Wildman–Crippen LogP) is 5.20. The number of aromatic nitrogens is 1. The van der Waals surface area contributed by atoms with Gasteiger partial charge in [0.1, 0.15) is 12.1 Å². The third-order valence-corrected chi connectivity index (χ3v) is 5.94. The average molecular weight is 416 g/mol. The van der Waals surface area contributed by atoms with Crippen molar-refractivity contribution in [3.63, 3.8) is 0 Å². The molecule has 1 aliphatic rings. The van der Waals surface area contributed by atoms with E-state index < -0.39 is 5.97 Å². The summed E-state index contributed by atoms with van der Waals surface area (Å²) in [4.78, 5) is 33.4. The predicted molar refractivity (Wildman–Crippen MR) is 113 cm³/mol. The number of para-hydroxylation sites is 3. The third-order valence-electron chi connectivity index (χ3n) is 4.81. The summed E-state index contributed by atoms with van der Waals surface area (Å²) in [6.45, 7) is -0.0279. The first-order chi connectivity index (χ1) is 14.7. The lowest BCUT2D eigenvalue weighted by Crippen LogP contribution is -2.29. The molecule has 1 aliphatic heterocycles. The first-order valence-electron chi connectivity index (χ1n) is 9.40. The highest BCUT2D eigenvalue weighted by Crippen LogP contribution is 2.48. The lowest BCUT2D eigenvalue weighted by atomic mass is 10.2. The van der Waals surface area contributed by atoms with Crippen LogP contribution in [-0.2, 0) is 9.53 Å². The van der Waals surface area contributed by atoms with Crippen molar-refractivity contribution in [3.8, 4) is 0 Å². The summed E-state index contributed by atoms with van der Waals surface area (Å²) < 4.78 is 10.6. The smallest absolute Gasteiger partial charge is 0.340 e. The van der Waals surface area contributed by atoms with Gasteiger partial charge >= 0.3 is 5.97 Å². The second-order valence-electron chi connectivity index (χ2n) is 6.66. The zero-order valence-electron chi connectivity index (χ0n) is 15.8. The maximum atomic E-state index is 13.1. The van der Waals surface area contributed by atoms with Gasteiger partial charge in [-0.25, -0.2) is 9.78 Å². The van der Waals surface area contributed by atoms with Crippen molar-refractivity contribution in [2.24, 2.45) is 0 Å². The van der Waals surface area contributed by atoms with Crippen LogP contribution in [0.5, 0.6) is 0 Å². The Hall–Kier alpha value is -3.58. The second-order valence-corrected chi connectivity index (χ2v) is 7.74. The Kier molecular flexibility index (Phi) is 4.72. The van der Waals surface area contributed by atoms with E-state index in [2.05, 4.69) is 4.98 Å². The highest BCUT2D eigenvalue weighted by molar-refractivity contribution is 7.99. The number of nitrogens with zero attached hydrogens (tertiary/aromatic N) is 2. The molecule has 0 aliphatic carbocycles. The fourth-order valence-corrected chi connectivity index (χ4v) is 4.50. The number of rotatable bonds is 4. The molecule has 6 nitrogen and oxygen atoms in total. The van der Waals surface area contributed by atoms with E-state index in [1.807, 2.05) is 48.5 Å². The molecule has 0 spiro atoms. The summed E-state index contributed by atoms with van der Waals surface area (Å²) in [6.07, 6.45) is 1.35. The number of ether oxygens (including phenoxy) is 1. The molecular weight excluding hydrogens is 400 g/mol. The molecular formula is C23H16N2O4S. The zero-order chi connectivity index (χ0) is 20.5. The number of hydrogen-bond acceptors (Lipinski definition) is 6. The van der Waals surface area contributed by atoms with Crippen LogP contribution in [0.1, 0.15) is 16.8 Å². The van der Waals surface area contributed by atoms with Crippen molar-refractivity contribution in [2.45, 2.75) is 16.2 Å². The molecule has 0 radical (unpaired) electrons. The van der Waals surface area contributed by atoms with Gasteiger partial charge in [-0.05, 0) is 36.4 Å². The van der Waals surface area contributed by atoms with E-state index in [-0.39, 0.29) is 18.9 Å². The molecule has 0 atom stereocenters. The topological polar surface area (TPSA) is 72.6 Å². The quantitative estimate of drug-likeness (QED) is 0.426. The van der Waals surface area contributed by atoms with Gasteiger partial charge in [-0.1, -0.05) is 42.1 Å². The van der Waals surface area contributed by atoms with E-state index in [9.17, 15) is 9.59 Å².